The van der Waals surface area contributed by atoms with Crippen LogP contribution in [0.3, 0.4) is 0 Å². The third-order valence-corrected chi connectivity index (χ3v) is 5.44. The van der Waals surface area contributed by atoms with Crippen LogP contribution >= 0.6 is 0 Å². The zero-order valence-electron chi connectivity index (χ0n) is 16.2. The van der Waals surface area contributed by atoms with Crippen molar-refractivity contribution < 1.29 is 14.3 Å². The molecule has 0 aromatic carbocycles. The molecule has 0 aliphatic carbocycles. The van der Waals surface area contributed by atoms with Crippen molar-refractivity contribution in [2.75, 3.05) is 52.5 Å². The monoisotopic (exact) mass is 389 g/mol. The highest BCUT2D eigenvalue weighted by molar-refractivity contribution is 5.95. The maximum atomic E-state index is 12.4. The largest absolute Gasteiger partial charge is 0.462 e. The fraction of sp³-hybridized carbons (Fsp3) is 0.632. The highest BCUT2D eigenvalue weighted by Crippen LogP contribution is 2.16. The molecule has 0 unspecified atom stereocenters. The van der Waals surface area contributed by atoms with E-state index in [-0.39, 0.29) is 17.7 Å². The Balaban J connectivity index is 1.41. The lowest BCUT2D eigenvalue weighted by Gasteiger charge is -2.35. The molecule has 0 bridgehead atoms. The molecule has 2 aromatic heterocycles. The van der Waals surface area contributed by atoms with Crippen LogP contribution in [0.5, 0.6) is 0 Å². The number of hydrogen-bond donors (Lipinski definition) is 1. The highest BCUT2D eigenvalue weighted by Gasteiger charge is 2.23. The highest BCUT2D eigenvalue weighted by atomic mass is 16.5. The molecule has 9 heteroatoms. The van der Waals surface area contributed by atoms with Gasteiger partial charge in [0.15, 0.2) is 5.65 Å². The van der Waals surface area contributed by atoms with Crippen molar-refractivity contribution in [2.45, 2.75) is 19.9 Å². The second-order valence-electron chi connectivity index (χ2n) is 7.46. The number of ether oxygens (including phenoxy) is 2. The van der Waals surface area contributed by atoms with Gasteiger partial charge in [0.05, 0.1) is 18.9 Å². The first-order valence-electron chi connectivity index (χ1n) is 9.93. The Morgan fingerprint density at radius 3 is 2.82 bits per heavy atom. The molecule has 0 saturated carbocycles. The van der Waals surface area contributed by atoms with Crippen molar-refractivity contribution in [3.8, 4) is 0 Å². The Labute approximate surface area is 163 Å². The van der Waals surface area contributed by atoms with Gasteiger partial charge in [0.25, 0.3) is 5.56 Å². The Morgan fingerprint density at radius 1 is 1.32 bits per heavy atom. The lowest BCUT2D eigenvalue weighted by atomic mass is 10.1. The average molecular weight is 389 g/mol. The second kappa shape index (κ2) is 8.42. The van der Waals surface area contributed by atoms with E-state index in [4.69, 9.17) is 9.47 Å². The Kier molecular flexibility index (Phi) is 5.74. The molecule has 1 N–H and O–H groups in total. The molecule has 2 aliphatic heterocycles. The molecular weight excluding hydrogens is 362 g/mol. The minimum absolute atomic E-state index is 0.226. The first-order valence-corrected chi connectivity index (χ1v) is 9.93. The van der Waals surface area contributed by atoms with Crippen LogP contribution < -0.4 is 5.56 Å². The van der Waals surface area contributed by atoms with Crippen LogP contribution in [0.2, 0.25) is 0 Å². The number of hydrogen-bond acceptors (Lipinski definition) is 7. The number of piperazine rings is 1. The number of carbonyl (C=O) groups excluding carboxylic acids is 1. The number of carbonyl (C=O) groups is 1. The van der Waals surface area contributed by atoms with Crippen LogP contribution in [0, 0.1) is 5.92 Å². The van der Waals surface area contributed by atoms with Gasteiger partial charge in [0, 0.05) is 58.1 Å². The molecule has 0 radical (unpaired) electrons. The summed E-state index contributed by atoms with van der Waals surface area (Å²) in [5.41, 5.74) is 1.05. The SMILES string of the molecule is CCOC(=O)c1c[nH]n2c(=O)cc(CN3CCN(C[C@H]4CCOC4)CC3)nc12. The van der Waals surface area contributed by atoms with E-state index >= 15 is 0 Å². The summed E-state index contributed by atoms with van der Waals surface area (Å²) in [5.74, 6) is 0.181. The first-order chi connectivity index (χ1) is 13.6. The molecule has 152 valence electrons. The van der Waals surface area contributed by atoms with Gasteiger partial charge in [0.2, 0.25) is 0 Å². The molecule has 2 saturated heterocycles. The van der Waals surface area contributed by atoms with E-state index < -0.39 is 5.97 Å². The molecule has 28 heavy (non-hydrogen) atoms. The Bertz CT molecular complexity index is 878. The maximum absolute atomic E-state index is 12.4. The van der Waals surface area contributed by atoms with Crippen molar-refractivity contribution in [2.24, 2.45) is 5.92 Å². The minimum Gasteiger partial charge on any atom is -0.462 e. The average Bonchev–Trinajstić information content (AvgIpc) is 3.33. The fourth-order valence-electron chi connectivity index (χ4n) is 3.92. The van der Waals surface area contributed by atoms with Gasteiger partial charge in [-0.05, 0) is 19.3 Å². The topological polar surface area (TPSA) is 92.2 Å². The first kappa shape index (κ1) is 19.1. The van der Waals surface area contributed by atoms with E-state index in [9.17, 15) is 9.59 Å². The summed E-state index contributed by atoms with van der Waals surface area (Å²) in [6.45, 7) is 9.39. The van der Waals surface area contributed by atoms with E-state index in [1.54, 1.807) is 6.92 Å². The van der Waals surface area contributed by atoms with Gasteiger partial charge in [-0.15, -0.1) is 0 Å². The number of H-pyrrole nitrogens is 1. The minimum atomic E-state index is -0.477. The molecule has 1 atom stereocenters. The molecule has 2 aromatic rings. The number of aromatic nitrogens is 3. The predicted molar refractivity (Wildman–Crippen MR) is 102 cm³/mol. The Hall–Kier alpha value is -2.23. The molecule has 0 amide bonds. The summed E-state index contributed by atoms with van der Waals surface area (Å²) >= 11 is 0. The van der Waals surface area contributed by atoms with Crippen molar-refractivity contribution in [1.29, 1.82) is 0 Å². The van der Waals surface area contributed by atoms with E-state index in [0.717, 1.165) is 52.4 Å². The van der Waals surface area contributed by atoms with E-state index in [1.165, 1.54) is 16.8 Å². The number of nitrogens with zero attached hydrogens (tertiary/aromatic N) is 4. The van der Waals surface area contributed by atoms with E-state index in [1.807, 2.05) is 0 Å². The summed E-state index contributed by atoms with van der Waals surface area (Å²) in [4.78, 5) is 33.8. The fourth-order valence-corrected chi connectivity index (χ4v) is 3.92. The summed E-state index contributed by atoms with van der Waals surface area (Å²) in [6.07, 6.45) is 2.63. The molecule has 4 heterocycles. The predicted octanol–water partition coefficient (Wildman–Crippen LogP) is 0.353. The summed E-state index contributed by atoms with van der Waals surface area (Å²) < 4.78 is 11.8. The zero-order chi connectivity index (χ0) is 19.5. The molecule has 2 aliphatic rings. The maximum Gasteiger partial charge on any atom is 0.343 e. The normalized spacial score (nSPS) is 21.4. The van der Waals surface area contributed by atoms with Gasteiger partial charge in [-0.1, -0.05) is 0 Å². The summed E-state index contributed by atoms with van der Waals surface area (Å²) in [5, 5.41) is 2.78. The molecule has 2 fully saturated rings. The third-order valence-electron chi connectivity index (χ3n) is 5.44. The van der Waals surface area contributed by atoms with E-state index in [0.29, 0.717) is 23.8 Å². The van der Waals surface area contributed by atoms with Crippen molar-refractivity contribution in [1.82, 2.24) is 24.4 Å². The Morgan fingerprint density at radius 2 is 2.11 bits per heavy atom. The number of esters is 1. The van der Waals surface area contributed by atoms with Gasteiger partial charge >= 0.3 is 5.97 Å². The van der Waals surface area contributed by atoms with Crippen molar-refractivity contribution in [3.05, 3.63) is 33.9 Å². The van der Waals surface area contributed by atoms with Crippen LogP contribution in [0.15, 0.2) is 17.1 Å². The molecule has 9 nitrogen and oxygen atoms in total. The van der Waals surface area contributed by atoms with E-state index in [2.05, 4.69) is 19.9 Å². The smallest absolute Gasteiger partial charge is 0.343 e. The summed E-state index contributed by atoms with van der Waals surface area (Å²) in [6, 6.07) is 1.53. The molecule has 4 rings (SSSR count). The van der Waals surface area contributed by atoms with Crippen LogP contribution in [-0.2, 0) is 16.0 Å². The standard InChI is InChI=1S/C19H27N5O4/c1-2-28-19(26)16-10-20-24-17(25)9-15(21-18(16)24)12-23-6-4-22(5-7-23)11-14-3-8-27-13-14/h9-10,14,20H,2-8,11-13H2,1H3/t14-/m1/s1. The van der Waals surface area contributed by atoms with Gasteiger partial charge in [0.1, 0.15) is 5.56 Å². The lowest BCUT2D eigenvalue weighted by Crippen LogP contribution is -2.47. The van der Waals surface area contributed by atoms with Gasteiger partial charge < -0.3 is 14.4 Å². The lowest BCUT2D eigenvalue weighted by molar-refractivity contribution is 0.0528. The number of fused-ring (bicyclic) bond motifs is 1. The van der Waals surface area contributed by atoms with Crippen LogP contribution in [0.1, 0.15) is 29.4 Å². The van der Waals surface area contributed by atoms with Gasteiger partial charge in [-0.3, -0.25) is 14.8 Å². The quantitative estimate of drug-likeness (QED) is 0.713. The van der Waals surface area contributed by atoms with Crippen molar-refractivity contribution in [3.63, 3.8) is 0 Å². The molecule has 0 spiro atoms. The van der Waals surface area contributed by atoms with Crippen LogP contribution in [0.25, 0.3) is 5.65 Å². The van der Waals surface area contributed by atoms with Gasteiger partial charge in [-0.25, -0.2) is 14.3 Å². The van der Waals surface area contributed by atoms with Crippen LogP contribution in [0.4, 0.5) is 0 Å². The second-order valence-corrected chi connectivity index (χ2v) is 7.46. The van der Waals surface area contributed by atoms with Crippen LogP contribution in [-0.4, -0.2) is 82.9 Å². The van der Waals surface area contributed by atoms with Crippen molar-refractivity contribution >= 4 is 11.6 Å². The molecular formula is C19H27N5O4. The number of nitrogens with one attached hydrogen (secondary N) is 1. The van der Waals surface area contributed by atoms with Gasteiger partial charge in [-0.2, -0.15) is 0 Å². The number of rotatable bonds is 6. The number of aromatic amines is 1. The third kappa shape index (κ3) is 4.11. The zero-order valence-corrected chi connectivity index (χ0v) is 16.2. The summed E-state index contributed by atoms with van der Waals surface area (Å²) in [7, 11) is 0.